The van der Waals surface area contributed by atoms with E-state index < -0.39 is 6.10 Å². The van der Waals surface area contributed by atoms with Crippen molar-refractivity contribution in [2.75, 3.05) is 0 Å². The van der Waals surface area contributed by atoms with Crippen LogP contribution in [0.4, 0.5) is 0 Å². The summed E-state index contributed by atoms with van der Waals surface area (Å²) in [5, 5.41) is 16.7. The first-order chi connectivity index (χ1) is 13.5. The first-order valence-corrected chi connectivity index (χ1v) is 9.82. The predicted molar refractivity (Wildman–Crippen MR) is 115 cm³/mol. The van der Waals surface area contributed by atoms with E-state index >= 15 is 0 Å². The largest absolute Gasteiger partial charge is 0.386 e. The first-order valence-electron chi connectivity index (χ1n) is 9.03. The Labute approximate surface area is 171 Å². The zero-order valence-electron chi connectivity index (χ0n) is 15.3. The lowest BCUT2D eigenvalue weighted by atomic mass is 10.0. The molecule has 1 atom stereocenters. The third kappa shape index (κ3) is 3.63. The van der Waals surface area contributed by atoms with E-state index in [0.29, 0.717) is 5.39 Å². The number of benzene rings is 3. The van der Waals surface area contributed by atoms with Gasteiger partial charge in [0, 0.05) is 15.4 Å². The van der Waals surface area contributed by atoms with E-state index in [1.807, 2.05) is 73.7 Å². The van der Waals surface area contributed by atoms with Crippen LogP contribution in [0.5, 0.6) is 0 Å². The summed E-state index contributed by atoms with van der Waals surface area (Å²) in [7, 11) is 0. The molecule has 28 heavy (non-hydrogen) atoms. The molecule has 0 radical (unpaired) electrons. The summed E-state index contributed by atoms with van der Waals surface area (Å²) in [6.45, 7) is 2.11. The monoisotopic (exact) mass is 434 g/mol. The fraction of sp³-hybridized carbons (Fsp3) is 0.130. The van der Waals surface area contributed by atoms with E-state index in [0.717, 1.165) is 32.2 Å². The molecule has 0 bridgehead atoms. The van der Waals surface area contributed by atoms with Crippen molar-refractivity contribution >= 4 is 26.7 Å². The summed E-state index contributed by atoms with van der Waals surface area (Å²) in [5.74, 6) is 0. The van der Waals surface area contributed by atoms with Crippen LogP contribution >= 0.6 is 15.9 Å². The van der Waals surface area contributed by atoms with Crippen LogP contribution in [0.25, 0.3) is 22.0 Å². The van der Waals surface area contributed by atoms with Crippen LogP contribution in [0.3, 0.4) is 0 Å². The molecule has 4 nitrogen and oxygen atoms in total. The fourth-order valence-corrected chi connectivity index (χ4v) is 3.68. The predicted octanol–water partition coefficient (Wildman–Crippen LogP) is 4.87. The number of aromatic nitrogens is 2. The Morgan fingerprint density at radius 3 is 2.43 bits per heavy atom. The maximum Gasteiger partial charge on any atom is 0.274 e. The molecule has 5 heteroatoms. The number of hydrogen-bond acceptors (Lipinski definition) is 3. The van der Waals surface area contributed by atoms with E-state index in [1.54, 1.807) is 6.07 Å². The Kier molecular flexibility index (Phi) is 5.11. The second-order valence-corrected chi connectivity index (χ2v) is 7.73. The number of aryl methyl sites for hydroxylation is 1. The highest BCUT2D eigenvalue weighted by atomic mass is 79.9. The van der Waals surface area contributed by atoms with Crippen LogP contribution in [-0.2, 0) is 6.54 Å². The second-order valence-electron chi connectivity index (χ2n) is 6.82. The van der Waals surface area contributed by atoms with Gasteiger partial charge < -0.3 is 5.11 Å². The van der Waals surface area contributed by atoms with Gasteiger partial charge >= 0.3 is 0 Å². The highest BCUT2D eigenvalue weighted by Gasteiger charge is 2.16. The maximum atomic E-state index is 13.0. The molecule has 0 saturated carbocycles. The van der Waals surface area contributed by atoms with Gasteiger partial charge in [0.05, 0.1) is 23.7 Å². The highest BCUT2D eigenvalue weighted by molar-refractivity contribution is 9.10. The van der Waals surface area contributed by atoms with Crippen molar-refractivity contribution < 1.29 is 5.11 Å². The van der Waals surface area contributed by atoms with Gasteiger partial charge in [-0.2, -0.15) is 5.10 Å². The SMILES string of the molecule is Cc1ccc(-c2nn(C[C@H](O)c3cccc(Br)c3)c(=O)c3ccccc23)cc1. The van der Waals surface area contributed by atoms with Gasteiger partial charge in [-0.3, -0.25) is 4.79 Å². The van der Waals surface area contributed by atoms with E-state index in [4.69, 9.17) is 0 Å². The van der Waals surface area contributed by atoms with Crippen LogP contribution in [-0.4, -0.2) is 14.9 Å². The minimum Gasteiger partial charge on any atom is -0.386 e. The van der Waals surface area contributed by atoms with Gasteiger partial charge in [-0.15, -0.1) is 0 Å². The average molecular weight is 435 g/mol. The molecule has 0 amide bonds. The van der Waals surface area contributed by atoms with Crippen LogP contribution in [0, 0.1) is 6.92 Å². The molecule has 0 unspecified atom stereocenters. The van der Waals surface area contributed by atoms with Gasteiger partial charge in [-0.1, -0.05) is 76.1 Å². The standard InChI is InChI=1S/C23H19BrN2O2/c1-15-9-11-16(12-10-15)22-19-7-2-3-8-20(19)23(28)26(25-22)14-21(27)17-5-4-6-18(24)13-17/h2-13,21,27H,14H2,1H3/t21-/m0/s1. The molecule has 0 fully saturated rings. The van der Waals surface area contributed by atoms with E-state index in [2.05, 4.69) is 21.0 Å². The zero-order valence-corrected chi connectivity index (χ0v) is 16.9. The van der Waals surface area contributed by atoms with E-state index in [9.17, 15) is 9.90 Å². The number of aliphatic hydroxyl groups excluding tert-OH is 1. The van der Waals surface area contributed by atoms with Crippen molar-refractivity contribution in [3.05, 3.63) is 98.7 Å². The highest BCUT2D eigenvalue weighted by Crippen LogP contribution is 2.26. The summed E-state index contributed by atoms with van der Waals surface area (Å²) in [6.07, 6.45) is -0.838. The second kappa shape index (κ2) is 7.70. The third-order valence-corrected chi connectivity index (χ3v) is 5.27. The molecule has 4 aromatic rings. The Hall–Kier alpha value is -2.76. The molecular weight excluding hydrogens is 416 g/mol. The van der Waals surface area contributed by atoms with Gasteiger partial charge in [-0.25, -0.2) is 4.68 Å². The van der Waals surface area contributed by atoms with Crippen LogP contribution in [0.1, 0.15) is 17.2 Å². The third-order valence-electron chi connectivity index (χ3n) is 4.77. The molecule has 0 spiro atoms. The minimum absolute atomic E-state index is 0.0823. The van der Waals surface area contributed by atoms with Gasteiger partial charge in [0.1, 0.15) is 0 Å². The molecule has 0 aliphatic heterocycles. The number of nitrogens with zero attached hydrogens (tertiary/aromatic N) is 2. The van der Waals surface area contributed by atoms with Crippen molar-refractivity contribution in [2.24, 2.45) is 0 Å². The molecule has 1 aromatic heterocycles. The number of aliphatic hydroxyl groups is 1. The summed E-state index contributed by atoms with van der Waals surface area (Å²) in [6, 6.07) is 23.0. The molecule has 4 rings (SSSR count). The Morgan fingerprint density at radius 2 is 1.71 bits per heavy atom. The van der Waals surface area contributed by atoms with Crippen molar-refractivity contribution in [3.8, 4) is 11.3 Å². The topological polar surface area (TPSA) is 55.1 Å². The van der Waals surface area contributed by atoms with Crippen LogP contribution in [0.15, 0.2) is 82.1 Å². The van der Waals surface area contributed by atoms with Crippen LogP contribution < -0.4 is 5.56 Å². The van der Waals surface area contributed by atoms with Gasteiger partial charge in [0.2, 0.25) is 0 Å². The summed E-state index contributed by atoms with van der Waals surface area (Å²) >= 11 is 3.42. The van der Waals surface area contributed by atoms with Crippen molar-refractivity contribution in [1.29, 1.82) is 0 Å². The molecule has 0 aliphatic carbocycles. The molecule has 0 saturated heterocycles. The minimum atomic E-state index is -0.838. The lowest BCUT2D eigenvalue weighted by Gasteiger charge is -2.15. The normalized spacial score (nSPS) is 12.2. The molecule has 3 aromatic carbocycles. The quantitative estimate of drug-likeness (QED) is 0.498. The summed E-state index contributed by atoms with van der Waals surface area (Å²) in [4.78, 5) is 13.0. The zero-order chi connectivity index (χ0) is 19.7. The number of halogens is 1. The van der Waals surface area contributed by atoms with E-state index in [1.165, 1.54) is 4.68 Å². The Morgan fingerprint density at radius 1 is 1.00 bits per heavy atom. The molecule has 140 valence electrons. The Balaban J connectivity index is 1.83. The molecular formula is C23H19BrN2O2. The summed E-state index contributed by atoms with van der Waals surface area (Å²) in [5.41, 5.74) is 3.35. The van der Waals surface area contributed by atoms with Gasteiger partial charge in [-0.05, 0) is 30.7 Å². The number of hydrogen-bond donors (Lipinski definition) is 1. The van der Waals surface area contributed by atoms with Crippen molar-refractivity contribution in [1.82, 2.24) is 9.78 Å². The lowest BCUT2D eigenvalue weighted by molar-refractivity contribution is 0.149. The number of rotatable bonds is 4. The maximum absolute atomic E-state index is 13.0. The number of fused-ring (bicyclic) bond motifs is 1. The van der Waals surface area contributed by atoms with E-state index in [-0.39, 0.29) is 12.1 Å². The lowest BCUT2D eigenvalue weighted by Crippen LogP contribution is -2.26. The smallest absolute Gasteiger partial charge is 0.274 e. The van der Waals surface area contributed by atoms with Crippen molar-refractivity contribution in [2.45, 2.75) is 19.6 Å². The summed E-state index contributed by atoms with van der Waals surface area (Å²) < 4.78 is 2.24. The van der Waals surface area contributed by atoms with Crippen molar-refractivity contribution in [3.63, 3.8) is 0 Å². The molecule has 1 N–H and O–H groups in total. The first kappa shape index (κ1) is 18.6. The molecule has 1 heterocycles. The van der Waals surface area contributed by atoms with Gasteiger partial charge in [0.15, 0.2) is 0 Å². The Bertz CT molecular complexity index is 1200. The van der Waals surface area contributed by atoms with Crippen LogP contribution in [0.2, 0.25) is 0 Å². The molecule has 0 aliphatic rings. The van der Waals surface area contributed by atoms with Gasteiger partial charge in [0.25, 0.3) is 5.56 Å². The average Bonchev–Trinajstić information content (AvgIpc) is 2.71. The fourth-order valence-electron chi connectivity index (χ4n) is 3.27.